The lowest BCUT2D eigenvalue weighted by Gasteiger charge is -2.29. The van der Waals surface area contributed by atoms with E-state index < -0.39 is 0 Å². The van der Waals surface area contributed by atoms with Crippen LogP contribution in [0.1, 0.15) is 30.7 Å². The highest BCUT2D eigenvalue weighted by Gasteiger charge is 2.31. The molecule has 0 saturated carbocycles. The first kappa shape index (κ1) is 20.7. The Labute approximate surface area is 190 Å². The number of H-pyrrole nitrogens is 1. The summed E-state index contributed by atoms with van der Waals surface area (Å²) in [4.78, 5) is 26.0. The molecule has 1 aromatic carbocycles. The number of methoxy groups -OCH3 is 1. The monoisotopic (exact) mass is 450 g/mol. The van der Waals surface area contributed by atoms with Gasteiger partial charge in [-0.15, -0.1) is 11.3 Å². The number of amides is 1. The number of ether oxygens (including phenoxy) is 1. The van der Waals surface area contributed by atoms with Crippen LogP contribution in [0, 0.1) is 5.92 Å². The van der Waals surface area contributed by atoms with Gasteiger partial charge in [0.2, 0.25) is 5.91 Å². The Hall–Kier alpha value is -3.20. The first-order chi connectivity index (χ1) is 15.5. The number of aromatic amines is 1. The molecule has 4 aromatic rings. The lowest BCUT2D eigenvalue weighted by atomic mass is 9.86. The second-order valence-corrected chi connectivity index (χ2v) is 9.61. The molecule has 9 heteroatoms. The molecule has 0 bridgehead atoms. The van der Waals surface area contributed by atoms with Gasteiger partial charge in [0.25, 0.3) is 0 Å². The van der Waals surface area contributed by atoms with Crippen molar-refractivity contribution in [3.05, 3.63) is 35.1 Å². The van der Waals surface area contributed by atoms with Crippen LogP contribution < -0.4 is 10.1 Å². The van der Waals surface area contributed by atoms with Crippen molar-refractivity contribution in [1.29, 1.82) is 0 Å². The number of carbonyl (C=O) groups excluding carboxylic acids is 1. The van der Waals surface area contributed by atoms with Gasteiger partial charge >= 0.3 is 0 Å². The van der Waals surface area contributed by atoms with Gasteiger partial charge in [-0.05, 0) is 44.7 Å². The van der Waals surface area contributed by atoms with Crippen molar-refractivity contribution in [3.63, 3.8) is 0 Å². The third-order valence-electron chi connectivity index (χ3n) is 6.33. The summed E-state index contributed by atoms with van der Waals surface area (Å²) in [5.41, 5.74) is 2.99. The summed E-state index contributed by atoms with van der Waals surface area (Å²) in [6, 6.07) is 4.13. The number of benzene rings is 1. The van der Waals surface area contributed by atoms with E-state index in [1.807, 2.05) is 37.9 Å². The van der Waals surface area contributed by atoms with Crippen LogP contribution in [0.3, 0.4) is 0 Å². The zero-order chi connectivity index (χ0) is 22.4. The maximum atomic E-state index is 12.9. The number of rotatable bonds is 5. The molecule has 1 aliphatic carbocycles. The van der Waals surface area contributed by atoms with Crippen molar-refractivity contribution in [1.82, 2.24) is 25.1 Å². The zero-order valence-electron chi connectivity index (χ0n) is 18.6. The number of aryl methyl sites for hydroxylation is 1. The van der Waals surface area contributed by atoms with Gasteiger partial charge in [0.15, 0.2) is 0 Å². The minimum atomic E-state index is 0.0240. The SMILES string of the molecule is COc1cc2[nH]ncc2cc1Nc1ncnc2sc3c(c12)CC[C@H](C(=O)N(C)C(C)C)C3. The first-order valence-electron chi connectivity index (χ1n) is 10.8. The highest BCUT2D eigenvalue weighted by atomic mass is 32.1. The van der Waals surface area contributed by atoms with Crippen molar-refractivity contribution in [2.75, 3.05) is 19.5 Å². The summed E-state index contributed by atoms with van der Waals surface area (Å²) in [5, 5.41) is 12.6. The van der Waals surface area contributed by atoms with Crippen molar-refractivity contribution in [3.8, 4) is 5.75 Å². The van der Waals surface area contributed by atoms with Crippen LogP contribution in [0.2, 0.25) is 0 Å². The Kier molecular flexibility index (Phi) is 5.21. The zero-order valence-corrected chi connectivity index (χ0v) is 19.4. The highest BCUT2D eigenvalue weighted by Crippen LogP contribution is 2.42. The third kappa shape index (κ3) is 3.46. The molecular formula is C23H26N6O2S. The lowest BCUT2D eigenvalue weighted by Crippen LogP contribution is -2.39. The maximum absolute atomic E-state index is 12.9. The van der Waals surface area contributed by atoms with E-state index in [0.717, 1.165) is 51.9 Å². The maximum Gasteiger partial charge on any atom is 0.226 e. The number of aromatic nitrogens is 4. The molecule has 0 aliphatic heterocycles. The fourth-order valence-electron chi connectivity index (χ4n) is 4.32. The fourth-order valence-corrected chi connectivity index (χ4v) is 5.59. The summed E-state index contributed by atoms with van der Waals surface area (Å²) in [7, 11) is 3.54. The predicted octanol–water partition coefficient (Wildman–Crippen LogP) is 4.29. The first-order valence-corrected chi connectivity index (χ1v) is 11.6. The van der Waals surface area contributed by atoms with E-state index >= 15 is 0 Å². The number of anilines is 2. The Morgan fingerprint density at radius 1 is 1.34 bits per heavy atom. The normalized spacial score (nSPS) is 15.8. The van der Waals surface area contributed by atoms with Crippen molar-refractivity contribution in [2.24, 2.45) is 5.92 Å². The van der Waals surface area contributed by atoms with Gasteiger partial charge in [0.1, 0.15) is 22.7 Å². The number of fused-ring (bicyclic) bond motifs is 4. The fraction of sp³-hybridized carbons (Fsp3) is 0.391. The summed E-state index contributed by atoms with van der Waals surface area (Å²) in [5.74, 6) is 1.72. The molecule has 3 aromatic heterocycles. The highest BCUT2D eigenvalue weighted by molar-refractivity contribution is 7.19. The molecular weight excluding hydrogens is 424 g/mol. The largest absolute Gasteiger partial charge is 0.494 e. The Bertz CT molecular complexity index is 1310. The molecule has 166 valence electrons. The number of hydrogen-bond donors (Lipinski definition) is 2. The van der Waals surface area contributed by atoms with Crippen molar-refractivity contribution in [2.45, 2.75) is 39.2 Å². The molecule has 3 heterocycles. The number of carbonyl (C=O) groups is 1. The molecule has 0 saturated heterocycles. The second-order valence-electron chi connectivity index (χ2n) is 8.52. The molecule has 8 nitrogen and oxygen atoms in total. The molecule has 1 aliphatic rings. The van der Waals surface area contributed by atoms with Gasteiger partial charge in [0, 0.05) is 35.3 Å². The van der Waals surface area contributed by atoms with Gasteiger partial charge in [-0.2, -0.15) is 5.10 Å². The number of nitrogens with one attached hydrogen (secondary N) is 2. The smallest absolute Gasteiger partial charge is 0.226 e. The van der Waals surface area contributed by atoms with Gasteiger partial charge in [0.05, 0.1) is 29.9 Å². The van der Waals surface area contributed by atoms with E-state index in [2.05, 4.69) is 25.5 Å². The summed E-state index contributed by atoms with van der Waals surface area (Å²) < 4.78 is 5.59. The number of hydrogen-bond acceptors (Lipinski definition) is 7. The Morgan fingerprint density at radius 3 is 2.97 bits per heavy atom. The average Bonchev–Trinajstić information content (AvgIpc) is 3.40. The van der Waals surface area contributed by atoms with Crippen LogP contribution in [0.15, 0.2) is 24.7 Å². The summed E-state index contributed by atoms with van der Waals surface area (Å²) in [6.45, 7) is 4.10. The van der Waals surface area contributed by atoms with Gasteiger partial charge < -0.3 is 15.0 Å². The van der Waals surface area contributed by atoms with E-state index in [-0.39, 0.29) is 17.9 Å². The number of thiophene rings is 1. The Morgan fingerprint density at radius 2 is 2.19 bits per heavy atom. The van der Waals surface area contributed by atoms with E-state index in [1.165, 1.54) is 10.4 Å². The molecule has 32 heavy (non-hydrogen) atoms. The Balaban J connectivity index is 1.50. The van der Waals surface area contributed by atoms with Gasteiger partial charge in [-0.1, -0.05) is 0 Å². The van der Waals surface area contributed by atoms with Crippen molar-refractivity contribution >= 4 is 49.9 Å². The van der Waals surface area contributed by atoms with E-state index in [1.54, 1.807) is 31.0 Å². The van der Waals surface area contributed by atoms with Crippen molar-refractivity contribution < 1.29 is 9.53 Å². The van der Waals surface area contributed by atoms with Crippen LogP contribution >= 0.6 is 11.3 Å². The minimum Gasteiger partial charge on any atom is -0.494 e. The van der Waals surface area contributed by atoms with E-state index in [4.69, 9.17) is 4.74 Å². The molecule has 5 rings (SSSR count). The predicted molar refractivity (Wildman–Crippen MR) is 127 cm³/mol. The van der Waals surface area contributed by atoms with E-state index in [0.29, 0.717) is 5.75 Å². The molecule has 0 fully saturated rings. The molecule has 0 unspecified atom stereocenters. The van der Waals surface area contributed by atoms with Gasteiger partial charge in [-0.25, -0.2) is 9.97 Å². The van der Waals surface area contributed by atoms with Crippen LogP contribution in [0.4, 0.5) is 11.5 Å². The summed E-state index contributed by atoms with van der Waals surface area (Å²) in [6.07, 6.45) is 5.82. The van der Waals surface area contributed by atoms with Crippen LogP contribution in [0.25, 0.3) is 21.1 Å². The quantitative estimate of drug-likeness (QED) is 0.471. The van der Waals surface area contributed by atoms with Gasteiger partial charge in [-0.3, -0.25) is 9.89 Å². The van der Waals surface area contributed by atoms with Crippen LogP contribution in [-0.4, -0.2) is 51.2 Å². The minimum absolute atomic E-state index is 0.0240. The molecule has 2 N–H and O–H groups in total. The third-order valence-corrected chi connectivity index (χ3v) is 7.49. The molecule has 1 atom stereocenters. The molecule has 0 spiro atoms. The second kappa shape index (κ2) is 8.05. The number of nitrogens with zero attached hydrogens (tertiary/aromatic N) is 4. The average molecular weight is 451 g/mol. The van der Waals surface area contributed by atoms with Crippen LogP contribution in [0.5, 0.6) is 5.75 Å². The molecule has 1 amide bonds. The molecule has 0 radical (unpaired) electrons. The topological polar surface area (TPSA) is 96.0 Å². The standard InChI is InChI=1S/C23H26N6O2S/c1-12(2)29(3)23(30)13-5-6-15-19(8-13)32-22-20(15)21(24-11-25-22)27-17-7-14-10-26-28-16(14)9-18(17)31-4/h7,9-13H,5-6,8H2,1-4H3,(H,26,28)(H,24,25,27)/t13-/m0/s1. The van der Waals surface area contributed by atoms with E-state index in [9.17, 15) is 4.79 Å². The van der Waals surface area contributed by atoms with Crippen LogP contribution in [-0.2, 0) is 17.6 Å². The lowest BCUT2D eigenvalue weighted by molar-refractivity contribution is -0.136. The summed E-state index contributed by atoms with van der Waals surface area (Å²) >= 11 is 1.67.